The molecule has 18 heavy (non-hydrogen) atoms. The molecule has 0 aliphatic carbocycles. The summed E-state index contributed by atoms with van der Waals surface area (Å²) in [6.07, 6.45) is 1.53. The average Bonchev–Trinajstić information content (AvgIpc) is 2.31. The predicted octanol–water partition coefficient (Wildman–Crippen LogP) is 1.35. The molecule has 8 heteroatoms. The van der Waals surface area contributed by atoms with Crippen molar-refractivity contribution >= 4 is 31.8 Å². The zero-order valence-corrected chi connectivity index (χ0v) is 12.4. The van der Waals surface area contributed by atoms with Crippen molar-refractivity contribution < 1.29 is 8.42 Å². The Hall–Kier alpha value is -1.17. The summed E-state index contributed by atoms with van der Waals surface area (Å²) in [6.45, 7) is 1.66. The number of nitrogen functional groups attached to an aromatic ring is 1. The van der Waals surface area contributed by atoms with Gasteiger partial charge in [-0.25, -0.2) is 13.4 Å². The van der Waals surface area contributed by atoms with Crippen LogP contribution in [0.25, 0.3) is 0 Å². The molecule has 0 bridgehead atoms. The second-order valence-corrected chi connectivity index (χ2v) is 6.65. The summed E-state index contributed by atoms with van der Waals surface area (Å²) in [5.41, 5.74) is 5.58. The Morgan fingerprint density at radius 2 is 2.28 bits per heavy atom. The summed E-state index contributed by atoms with van der Waals surface area (Å²) >= 11 is 3.15. The molecule has 1 aromatic rings. The van der Waals surface area contributed by atoms with Gasteiger partial charge in [0.1, 0.15) is 10.7 Å². The first-order chi connectivity index (χ1) is 8.30. The van der Waals surface area contributed by atoms with Crippen LogP contribution in [0.15, 0.2) is 21.6 Å². The minimum Gasteiger partial charge on any atom is -0.383 e. The molecule has 1 unspecified atom stereocenters. The number of nitrogens with two attached hydrogens (primary N) is 1. The maximum atomic E-state index is 12.3. The third kappa shape index (κ3) is 2.98. The molecule has 0 saturated heterocycles. The molecule has 1 aromatic heterocycles. The number of nitrogens with zero attached hydrogens (tertiary/aromatic N) is 3. The predicted molar refractivity (Wildman–Crippen MR) is 71.0 cm³/mol. The number of aromatic nitrogens is 1. The highest BCUT2D eigenvalue weighted by Gasteiger charge is 2.27. The number of nitriles is 1. The van der Waals surface area contributed by atoms with E-state index in [0.717, 1.165) is 4.31 Å². The molecule has 0 aliphatic heterocycles. The van der Waals surface area contributed by atoms with Gasteiger partial charge in [-0.3, -0.25) is 0 Å². The van der Waals surface area contributed by atoms with Gasteiger partial charge in [-0.05, 0) is 28.9 Å². The standard InChI is InChI=1S/C10H13BrN4O2S/c1-7(3-4-12)15(2)18(16,17)9-5-8(11)6-14-10(9)13/h5-7H,3H2,1-2H3,(H2,13,14). The fourth-order valence-corrected chi connectivity index (χ4v) is 3.22. The minimum atomic E-state index is -3.75. The molecule has 2 N–H and O–H groups in total. The first-order valence-electron chi connectivity index (χ1n) is 5.06. The maximum Gasteiger partial charge on any atom is 0.246 e. The second kappa shape index (κ2) is 5.65. The van der Waals surface area contributed by atoms with E-state index in [9.17, 15) is 8.42 Å². The summed E-state index contributed by atoms with van der Waals surface area (Å²) in [7, 11) is -2.33. The Balaban J connectivity index is 3.22. The van der Waals surface area contributed by atoms with Crippen molar-refractivity contribution in [3.05, 3.63) is 16.7 Å². The molecule has 98 valence electrons. The summed E-state index contributed by atoms with van der Waals surface area (Å²) in [6, 6.07) is 2.90. The van der Waals surface area contributed by atoms with Gasteiger partial charge in [-0.2, -0.15) is 9.57 Å². The van der Waals surface area contributed by atoms with Crippen LogP contribution in [-0.4, -0.2) is 30.8 Å². The average molecular weight is 333 g/mol. The van der Waals surface area contributed by atoms with Crippen molar-refractivity contribution in [1.82, 2.24) is 9.29 Å². The van der Waals surface area contributed by atoms with E-state index in [2.05, 4.69) is 20.9 Å². The summed E-state index contributed by atoms with van der Waals surface area (Å²) < 4.78 is 26.2. The Morgan fingerprint density at radius 1 is 1.67 bits per heavy atom. The molecule has 1 rings (SSSR count). The quantitative estimate of drug-likeness (QED) is 0.896. The molecule has 0 saturated carbocycles. The lowest BCUT2D eigenvalue weighted by Gasteiger charge is -2.22. The Morgan fingerprint density at radius 3 is 2.83 bits per heavy atom. The van der Waals surface area contributed by atoms with E-state index in [4.69, 9.17) is 11.0 Å². The molecule has 0 fully saturated rings. The van der Waals surface area contributed by atoms with Crippen LogP contribution in [0.2, 0.25) is 0 Å². The van der Waals surface area contributed by atoms with Crippen LogP contribution >= 0.6 is 15.9 Å². The van der Waals surface area contributed by atoms with Crippen molar-refractivity contribution in [2.75, 3.05) is 12.8 Å². The van der Waals surface area contributed by atoms with Crippen LogP contribution in [0.4, 0.5) is 5.82 Å². The largest absolute Gasteiger partial charge is 0.383 e. The molecule has 0 aromatic carbocycles. The fraction of sp³-hybridized carbons (Fsp3) is 0.400. The van der Waals surface area contributed by atoms with E-state index in [1.807, 2.05) is 6.07 Å². The van der Waals surface area contributed by atoms with Crippen molar-refractivity contribution in [2.45, 2.75) is 24.3 Å². The van der Waals surface area contributed by atoms with Crippen LogP contribution in [-0.2, 0) is 10.0 Å². The SMILES string of the molecule is CC(CC#N)N(C)S(=O)(=O)c1cc(Br)cnc1N. The van der Waals surface area contributed by atoms with Crippen LogP contribution in [0.5, 0.6) is 0 Å². The van der Waals surface area contributed by atoms with Crippen LogP contribution in [0.3, 0.4) is 0 Å². The third-order valence-corrected chi connectivity index (χ3v) is 4.95. The molecule has 1 atom stereocenters. The zero-order chi connectivity index (χ0) is 13.9. The number of sulfonamides is 1. The molecular formula is C10H13BrN4O2S. The highest BCUT2D eigenvalue weighted by Crippen LogP contribution is 2.24. The Kier molecular flexibility index (Phi) is 4.67. The van der Waals surface area contributed by atoms with E-state index in [1.165, 1.54) is 19.3 Å². The Labute approximate surface area is 115 Å². The lowest BCUT2D eigenvalue weighted by atomic mass is 10.3. The highest BCUT2D eigenvalue weighted by molar-refractivity contribution is 9.10. The maximum absolute atomic E-state index is 12.3. The number of anilines is 1. The fourth-order valence-electron chi connectivity index (χ4n) is 1.29. The van der Waals surface area contributed by atoms with E-state index >= 15 is 0 Å². The molecular weight excluding hydrogens is 320 g/mol. The summed E-state index contributed by atoms with van der Waals surface area (Å²) in [5.74, 6) is -0.0609. The van der Waals surface area contributed by atoms with Gasteiger partial charge in [0.15, 0.2) is 0 Å². The van der Waals surface area contributed by atoms with Gasteiger partial charge < -0.3 is 5.73 Å². The van der Waals surface area contributed by atoms with Crippen molar-refractivity contribution in [3.8, 4) is 6.07 Å². The number of hydrogen-bond donors (Lipinski definition) is 1. The van der Waals surface area contributed by atoms with Crippen molar-refractivity contribution in [1.29, 1.82) is 5.26 Å². The summed E-state index contributed by atoms with van der Waals surface area (Å²) in [5, 5.41) is 8.60. The molecule has 0 aliphatic rings. The van der Waals surface area contributed by atoms with Gasteiger partial charge in [0, 0.05) is 23.8 Å². The molecule has 0 spiro atoms. The van der Waals surface area contributed by atoms with E-state index < -0.39 is 16.1 Å². The first-order valence-corrected chi connectivity index (χ1v) is 7.30. The van der Waals surface area contributed by atoms with Gasteiger partial charge in [0.25, 0.3) is 0 Å². The van der Waals surface area contributed by atoms with E-state index in [1.54, 1.807) is 6.92 Å². The van der Waals surface area contributed by atoms with Crippen molar-refractivity contribution in [3.63, 3.8) is 0 Å². The molecule has 0 radical (unpaired) electrons. The van der Waals surface area contributed by atoms with Crippen LogP contribution in [0, 0.1) is 11.3 Å². The van der Waals surface area contributed by atoms with Crippen molar-refractivity contribution in [2.24, 2.45) is 0 Å². The normalized spacial score (nSPS) is 13.3. The number of pyridine rings is 1. The lowest BCUT2D eigenvalue weighted by Crippen LogP contribution is -2.35. The van der Waals surface area contributed by atoms with Gasteiger partial charge in [0.05, 0.1) is 12.5 Å². The van der Waals surface area contributed by atoms with E-state index in [-0.39, 0.29) is 17.1 Å². The van der Waals surface area contributed by atoms with Gasteiger partial charge in [-0.1, -0.05) is 0 Å². The number of hydrogen-bond acceptors (Lipinski definition) is 5. The molecule has 1 heterocycles. The van der Waals surface area contributed by atoms with Crippen LogP contribution in [0.1, 0.15) is 13.3 Å². The Bertz CT molecular complexity index is 582. The van der Waals surface area contributed by atoms with Gasteiger partial charge in [-0.15, -0.1) is 0 Å². The number of halogens is 1. The third-order valence-electron chi connectivity index (χ3n) is 2.51. The topological polar surface area (TPSA) is 100 Å². The minimum absolute atomic E-state index is 0.0609. The second-order valence-electron chi connectivity index (χ2n) is 3.77. The number of rotatable bonds is 4. The van der Waals surface area contributed by atoms with Crippen LogP contribution < -0.4 is 5.73 Å². The smallest absolute Gasteiger partial charge is 0.246 e. The summed E-state index contributed by atoms with van der Waals surface area (Å²) in [4.78, 5) is 3.73. The highest BCUT2D eigenvalue weighted by atomic mass is 79.9. The molecule has 0 amide bonds. The molecule has 6 nitrogen and oxygen atoms in total. The van der Waals surface area contributed by atoms with E-state index in [0.29, 0.717) is 4.47 Å². The van der Waals surface area contributed by atoms with Gasteiger partial charge >= 0.3 is 0 Å². The first kappa shape index (κ1) is 14.9. The monoisotopic (exact) mass is 332 g/mol. The van der Waals surface area contributed by atoms with Gasteiger partial charge in [0.2, 0.25) is 10.0 Å². The lowest BCUT2D eigenvalue weighted by molar-refractivity contribution is 0.393. The zero-order valence-electron chi connectivity index (χ0n) is 9.96.